The number of hydrogen-bond donors (Lipinski definition) is 1. The van der Waals surface area contributed by atoms with Gasteiger partial charge in [0.15, 0.2) is 5.78 Å². The molecule has 7 nitrogen and oxygen atoms in total. The number of Topliss-reactive ketones (excluding diaryl/α,β-unsaturated/α-hetero) is 1. The molecule has 1 amide bonds. The van der Waals surface area contributed by atoms with Gasteiger partial charge in [0.05, 0.1) is 12.1 Å². The summed E-state index contributed by atoms with van der Waals surface area (Å²) in [4.78, 5) is 25.9. The fraction of sp³-hybridized carbons (Fsp3) is 0.875. The number of carbonyl (C=O) groups excluding carboxylic acids is 2. The molecule has 1 aliphatic rings. The molecule has 24 heavy (non-hydrogen) atoms. The van der Waals surface area contributed by atoms with Crippen LogP contribution < -0.4 is 0 Å². The smallest absolute Gasteiger partial charge is 0.391 e. The number of carbonyl (C=O) groups is 2. The molecule has 1 rings (SSSR count). The van der Waals surface area contributed by atoms with Crippen molar-refractivity contribution in [2.24, 2.45) is 0 Å². The zero-order valence-electron chi connectivity index (χ0n) is 15.4. The highest BCUT2D eigenvalue weighted by atomic mass is 28.4. The van der Waals surface area contributed by atoms with Crippen molar-refractivity contribution in [3.05, 3.63) is 0 Å². The molecule has 0 aromatic rings. The quantitative estimate of drug-likeness (QED) is 0.592. The van der Waals surface area contributed by atoms with Gasteiger partial charge >= 0.3 is 8.80 Å². The van der Waals surface area contributed by atoms with Gasteiger partial charge in [0.25, 0.3) is 0 Å². The Labute approximate surface area is 145 Å². The first-order valence-corrected chi connectivity index (χ1v) is 10.7. The molecule has 1 heterocycles. The third kappa shape index (κ3) is 5.35. The lowest BCUT2D eigenvalue weighted by Crippen LogP contribution is -2.52. The van der Waals surface area contributed by atoms with Gasteiger partial charge in [-0.3, -0.25) is 9.59 Å². The lowest BCUT2D eigenvalue weighted by atomic mass is 10.1. The van der Waals surface area contributed by atoms with Gasteiger partial charge < -0.3 is 23.3 Å². The number of nitrogens with zero attached hydrogens (tertiary/aromatic N) is 1. The van der Waals surface area contributed by atoms with Crippen molar-refractivity contribution in [1.82, 2.24) is 4.90 Å². The van der Waals surface area contributed by atoms with E-state index in [9.17, 15) is 14.7 Å². The van der Waals surface area contributed by atoms with Gasteiger partial charge in [-0.25, -0.2) is 0 Å². The van der Waals surface area contributed by atoms with Crippen molar-refractivity contribution in [2.45, 2.75) is 71.8 Å². The Hall–Kier alpha value is -0.803. The number of hydrogen-bond acceptors (Lipinski definition) is 6. The zero-order chi connectivity index (χ0) is 18.3. The molecule has 0 aromatic heterocycles. The minimum atomic E-state index is -2.93. The monoisotopic (exact) mass is 361 g/mol. The van der Waals surface area contributed by atoms with Crippen LogP contribution in [0, 0.1) is 0 Å². The minimum absolute atomic E-state index is 0.187. The van der Waals surface area contributed by atoms with Crippen molar-refractivity contribution >= 4 is 20.5 Å². The third-order valence-electron chi connectivity index (χ3n) is 4.05. The van der Waals surface area contributed by atoms with E-state index in [0.29, 0.717) is 19.3 Å². The van der Waals surface area contributed by atoms with E-state index in [2.05, 4.69) is 0 Å². The second-order valence-corrected chi connectivity index (χ2v) is 8.72. The first kappa shape index (κ1) is 21.2. The summed E-state index contributed by atoms with van der Waals surface area (Å²) in [5.74, 6) is -0.432. The topological polar surface area (TPSA) is 85.3 Å². The van der Waals surface area contributed by atoms with Crippen molar-refractivity contribution in [3.63, 3.8) is 0 Å². The molecule has 1 saturated heterocycles. The van der Waals surface area contributed by atoms with E-state index in [-0.39, 0.29) is 24.7 Å². The molecule has 0 saturated carbocycles. The summed E-state index contributed by atoms with van der Waals surface area (Å²) in [5.41, 5.74) is 0. The summed E-state index contributed by atoms with van der Waals surface area (Å²) >= 11 is 0. The maximum absolute atomic E-state index is 12.8. The molecule has 8 heteroatoms. The molecule has 3 atom stereocenters. The van der Waals surface area contributed by atoms with Gasteiger partial charge in [-0.2, -0.15) is 0 Å². The fourth-order valence-electron chi connectivity index (χ4n) is 3.09. The number of rotatable bonds is 10. The van der Waals surface area contributed by atoms with Gasteiger partial charge in [0.1, 0.15) is 6.10 Å². The Morgan fingerprint density at radius 3 is 2.29 bits per heavy atom. The molecular weight excluding hydrogens is 330 g/mol. The van der Waals surface area contributed by atoms with Gasteiger partial charge in [-0.15, -0.1) is 0 Å². The second-order valence-electron chi connectivity index (χ2n) is 6.04. The number of amides is 1. The molecule has 140 valence electrons. The first-order chi connectivity index (χ1) is 11.3. The lowest BCUT2D eigenvalue weighted by molar-refractivity contribution is -0.140. The van der Waals surface area contributed by atoms with Crippen molar-refractivity contribution < 1.29 is 28.0 Å². The van der Waals surface area contributed by atoms with Gasteiger partial charge in [0, 0.05) is 39.1 Å². The Balaban J connectivity index is 2.87. The van der Waals surface area contributed by atoms with Gasteiger partial charge in [-0.1, -0.05) is 13.3 Å². The molecule has 0 bridgehead atoms. The highest BCUT2D eigenvalue weighted by Crippen LogP contribution is 2.24. The number of aliphatic hydroxyl groups is 1. The van der Waals surface area contributed by atoms with Crippen LogP contribution in [-0.4, -0.2) is 68.5 Å². The molecule has 1 fully saturated rings. The van der Waals surface area contributed by atoms with Crippen LogP contribution in [0.15, 0.2) is 0 Å². The predicted molar refractivity (Wildman–Crippen MR) is 91.5 cm³/mol. The zero-order valence-corrected chi connectivity index (χ0v) is 16.4. The maximum Gasteiger partial charge on any atom is 0.501 e. The van der Waals surface area contributed by atoms with Crippen LogP contribution in [0.5, 0.6) is 0 Å². The fourth-order valence-corrected chi connectivity index (χ4v) is 5.86. The van der Waals surface area contributed by atoms with E-state index in [1.54, 1.807) is 6.92 Å². The number of likely N-dealkylation sites (tertiary alicyclic amines) is 1. The summed E-state index contributed by atoms with van der Waals surface area (Å²) in [6, 6.07) is -0.0141. The van der Waals surface area contributed by atoms with E-state index in [0.717, 1.165) is 6.42 Å². The maximum atomic E-state index is 12.8. The lowest BCUT2D eigenvalue weighted by Gasteiger charge is -2.32. The average Bonchev–Trinajstić information content (AvgIpc) is 2.89. The van der Waals surface area contributed by atoms with E-state index >= 15 is 0 Å². The summed E-state index contributed by atoms with van der Waals surface area (Å²) in [7, 11) is -2.93. The average molecular weight is 362 g/mol. The number of ketones is 1. The van der Waals surface area contributed by atoms with Crippen LogP contribution in [0.4, 0.5) is 0 Å². The van der Waals surface area contributed by atoms with Gasteiger partial charge in [0.2, 0.25) is 5.91 Å². The normalized spacial score (nSPS) is 22.7. The molecular formula is C16H31NO6Si. The van der Waals surface area contributed by atoms with Crippen molar-refractivity contribution in [3.8, 4) is 0 Å². The molecule has 0 aromatic carbocycles. The molecule has 0 radical (unpaired) electrons. The van der Waals surface area contributed by atoms with Crippen LogP contribution in [0.2, 0.25) is 6.04 Å². The van der Waals surface area contributed by atoms with Gasteiger partial charge in [-0.05, 0) is 20.8 Å². The molecule has 1 N–H and O–H groups in total. The summed E-state index contributed by atoms with van der Waals surface area (Å²) in [6.45, 7) is 9.92. The van der Waals surface area contributed by atoms with Crippen LogP contribution >= 0.6 is 0 Å². The molecule has 1 unspecified atom stereocenters. The van der Waals surface area contributed by atoms with Crippen LogP contribution in [0.3, 0.4) is 0 Å². The molecule has 0 aliphatic carbocycles. The highest BCUT2D eigenvalue weighted by molar-refractivity contribution is 6.60. The molecule has 1 aliphatic heterocycles. The second kappa shape index (κ2) is 9.62. The standard InChI is InChI=1S/C16H31NO6Si/c1-6-9-24(21-7-2,22-8-3)23-12(4)16(20)15-10-14(19)11-17(15)13(5)18/h12,14-15,19H,6-11H2,1-5H3/t12?,14-,15+/m1/s1. The van der Waals surface area contributed by atoms with Crippen LogP contribution in [0.1, 0.15) is 47.5 Å². The number of aliphatic hydroxyl groups excluding tert-OH is 1. The first-order valence-electron chi connectivity index (χ1n) is 8.74. The Kier molecular flexibility index (Phi) is 8.51. The largest absolute Gasteiger partial charge is 0.501 e. The van der Waals surface area contributed by atoms with Crippen LogP contribution in [-0.2, 0) is 22.9 Å². The van der Waals surface area contributed by atoms with E-state index in [1.807, 2.05) is 20.8 Å². The van der Waals surface area contributed by atoms with E-state index in [4.69, 9.17) is 13.3 Å². The Morgan fingerprint density at radius 1 is 1.25 bits per heavy atom. The van der Waals surface area contributed by atoms with Crippen molar-refractivity contribution in [1.29, 1.82) is 0 Å². The SMILES string of the molecule is CCC[Si](OCC)(OCC)OC(C)C(=O)[C@@H]1C[C@@H](O)CN1C(C)=O. The van der Waals surface area contributed by atoms with Crippen LogP contribution in [0.25, 0.3) is 0 Å². The summed E-state index contributed by atoms with van der Waals surface area (Å²) < 4.78 is 17.6. The minimum Gasteiger partial charge on any atom is -0.391 e. The summed E-state index contributed by atoms with van der Waals surface area (Å²) in [6.07, 6.45) is -0.350. The molecule has 0 spiro atoms. The predicted octanol–water partition coefficient (Wildman–Crippen LogP) is 1.36. The highest BCUT2D eigenvalue weighted by Gasteiger charge is 2.45. The van der Waals surface area contributed by atoms with Crippen molar-refractivity contribution in [2.75, 3.05) is 19.8 Å². The Bertz CT molecular complexity index is 416. The number of β-amino-alcohol motifs (C(OH)–C–C–N with tert-alkyl or cyclic N) is 1. The Morgan fingerprint density at radius 2 is 1.83 bits per heavy atom. The van der Waals surface area contributed by atoms with E-state index < -0.39 is 27.1 Å². The summed E-state index contributed by atoms with van der Waals surface area (Å²) in [5, 5.41) is 9.81. The van der Waals surface area contributed by atoms with E-state index in [1.165, 1.54) is 11.8 Å². The third-order valence-corrected chi connectivity index (χ3v) is 7.34.